The Kier molecular flexibility index (Phi) is 5.61. The van der Waals surface area contributed by atoms with Crippen LogP contribution in [-0.4, -0.2) is 53.5 Å². The SMILES string of the molecule is C[C@H](Nc1cc(N2CCOCC2)ncn1)[C@H](O)Cc1ccccc1. The summed E-state index contributed by atoms with van der Waals surface area (Å²) in [4.78, 5) is 10.8. The summed E-state index contributed by atoms with van der Waals surface area (Å²) in [6.45, 7) is 5.08. The molecule has 3 rings (SSSR count). The van der Waals surface area contributed by atoms with E-state index in [1.807, 2.05) is 43.3 Å². The van der Waals surface area contributed by atoms with Crippen LogP contribution < -0.4 is 10.2 Å². The molecule has 1 aliphatic rings. The van der Waals surface area contributed by atoms with Crippen LogP contribution in [0.3, 0.4) is 0 Å². The summed E-state index contributed by atoms with van der Waals surface area (Å²) in [5.74, 6) is 1.62. The number of morpholine rings is 1. The van der Waals surface area contributed by atoms with Crippen molar-refractivity contribution in [3.8, 4) is 0 Å². The summed E-state index contributed by atoms with van der Waals surface area (Å²) in [6, 6.07) is 11.8. The molecule has 0 saturated carbocycles. The highest BCUT2D eigenvalue weighted by Gasteiger charge is 2.17. The van der Waals surface area contributed by atoms with Gasteiger partial charge in [-0.05, 0) is 12.5 Å². The molecule has 128 valence electrons. The van der Waals surface area contributed by atoms with Crippen LogP contribution in [0.15, 0.2) is 42.7 Å². The Bertz CT molecular complexity index is 632. The van der Waals surface area contributed by atoms with Gasteiger partial charge in [0.05, 0.1) is 25.4 Å². The molecule has 1 saturated heterocycles. The van der Waals surface area contributed by atoms with E-state index in [1.165, 1.54) is 0 Å². The summed E-state index contributed by atoms with van der Waals surface area (Å²) >= 11 is 0. The van der Waals surface area contributed by atoms with Crippen LogP contribution in [0.2, 0.25) is 0 Å². The van der Waals surface area contributed by atoms with Gasteiger partial charge in [-0.15, -0.1) is 0 Å². The van der Waals surface area contributed by atoms with Crippen LogP contribution in [0.5, 0.6) is 0 Å². The molecule has 0 spiro atoms. The van der Waals surface area contributed by atoms with E-state index in [2.05, 4.69) is 20.2 Å². The lowest BCUT2D eigenvalue weighted by Crippen LogP contribution is -2.37. The summed E-state index contributed by atoms with van der Waals surface area (Å²) in [6.07, 6.45) is 1.68. The van der Waals surface area contributed by atoms with Crippen molar-refractivity contribution in [2.24, 2.45) is 0 Å². The second-order valence-electron chi connectivity index (χ2n) is 6.05. The number of nitrogens with one attached hydrogen (secondary N) is 1. The minimum atomic E-state index is -0.491. The molecule has 2 atom stereocenters. The number of hydrogen-bond donors (Lipinski definition) is 2. The molecule has 1 aliphatic heterocycles. The van der Waals surface area contributed by atoms with E-state index >= 15 is 0 Å². The van der Waals surface area contributed by atoms with Crippen LogP contribution in [0.1, 0.15) is 12.5 Å². The maximum absolute atomic E-state index is 10.4. The lowest BCUT2D eigenvalue weighted by atomic mass is 10.0. The fourth-order valence-electron chi connectivity index (χ4n) is 2.75. The molecule has 2 aromatic rings. The predicted octanol–water partition coefficient (Wildman–Crippen LogP) is 1.72. The first-order valence-corrected chi connectivity index (χ1v) is 8.35. The van der Waals surface area contributed by atoms with Crippen molar-refractivity contribution in [3.63, 3.8) is 0 Å². The number of aliphatic hydroxyl groups excluding tert-OH is 1. The number of ether oxygens (including phenoxy) is 1. The Hall–Kier alpha value is -2.18. The molecule has 6 heteroatoms. The van der Waals surface area contributed by atoms with E-state index < -0.39 is 6.10 Å². The van der Waals surface area contributed by atoms with Crippen molar-refractivity contribution in [3.05, 3.63) is 48.3 Å². The highest BCUT2D eigenvalue weighted by atomic mass is 16.5. The van der Waals surface area contributed by atoms with Crippen LogP contribution in [-0.2, 0) is 11.2 Å². The molecule has 0 aliphatic carbocycles. The number of benzene rings is 1. The predicted molar refractivity (Wildman–Crippen MR) is 94.3 cm³/mol. The van der Waals surface area contributed by atoms with E-state index in [0.717, 1.165) is 43.5 Å². The second kappa shape index (κ2) is 8.08. The highest BCUT2D eigenvalue weighted by molar-refractivity contribution is 5.49. The molecule has 2 N–H and O–H groups in total. The van der Waals surface area contributed by atoms with Crippen molar-refractivity contribution in [1.82, 2.24) is 9.97 Å². The fraction of sp³-hybridized carbons (Fsp3) is 0.444. The van der Waals surface area contributed by atoms with Crippen molar-refractivity contribution in [1.29, 1.82) is 0 Å². The quantitative estimate of drug-likeness (QED) is 0.841. The third-order valence-corrected chi connectivity index (χ3v) is 4.23. The molecule has 0 unspecified atom stereocenters. The Morgan fingerprint density at radius 2 is 1.96 bits per heavy atom. The maximum Gasteiger partial charge on any atom is 0.134 e. The third kappa shape index (κ3) is 4.43. The lowest BCUT2D eigenvalue weighted by molar-refractivity contribution is 0.122. The van der Waals surface area contributed by atoms with Gasteiger partial charge in [-0.1, -0.05) is 30.3 Å². The summed E-state index contributed by atoms with van der Waals surface area (Å²) in [5, 5.41) is 13.7. The van der Waals surface area contributed by atoms with E-state index in [1.54, 1.807) is 6.33 Å². The molecular weight excluding hydrogens is 304 g/mol. The monoisotopic (exact) mass is 328 g/mol. The van der Waals surface area contributed by atoms with Gasteiger partial charge >= 0.3 is 0 Å². The maximum atomic E-state index is 10.4. The smallest absolute Gasteiger partial charge is 0.134 e. The molecule has 24 heavy (non-hydrogen) atoms. The molecule has 1 aromatic heterocycles. The fourth-order valence-corrected chi connectivity index (χ4v) is 2.75. The number of aliphatic hydroxyl groups is 1. The van der Waals surface area contributed by atoms with Gasteiger partial charge in [-0.25, -0.2) is 9.97 Å². The Labute approximate surface area is 142 Å². The summed E-state index contributed by atoms with van der Waals surface area (Å²) < 4.78 is 5.37. The van der Waals surface area contributed by atoms with Crippen molar-refractivity contribution in [2.45, 2.75) is 25.5 Å². The van der Waals surface area contributed by atoms with Crippen LogP contribution >= 0.6 is 0 Å². The zero-order valence-electron chi connectivity index (χ0n) is 13.9. The number of nitrogens with zero attached hydrogens (tertiary/aromatic N) is 3. The van der Waals surface area contributed by atoms with Gasteiger partial charge in [-0.3, -0.25) is 0 Å². The average Bonchev–Trinajstić information content (AvgIpc) is 2.63. The van der Waals surface area contributed by atoms with E-state index in [-0.39, 0.29) is 6.04 Å². The average molecular weight is 328 g/mol. The third-order valence-electron chi connectivity index (χ3n) is 4.23. The Morgan fingerprint density at radius 1 is 1.21 bits per heavy atom. The number of rotatable bonds is 6. The lowest BCUT2D eigenvalue weighted by Gasteiger charge is -2.28. The minimum absolute atomic E-state index is 0.113. The molecule has 0 radical (unpaired) electrons. The molecule has 0 amide bonds. The second-order valence-corrected chi connectivity index (χ2v) is 6.05. The number of hydrogen-bond acceptors (Lipinski definition) is 6. The van der Waals surface area contributed by atoms with Gasteiger partial charge in [0.25, 0.3) is 0 Å². The Balaban J connectivity index is 1.60. The summed E-state index contributed by atoms with van der Waals surface area (Å²) in [7, 11) is 0. The number of anilines is 2. The molecule has 1 aromatic carbocycles. The first kappa shape index (κ1) is 16.7. The standard InChI is InChI=1S/C18H24N4O2/c1-14(16(23)11-15-5-3-2-4-6-15)21-17-12-18(20-13-19-17)22-7-9-24-10-8-22/h2-6,12-14,16,23H,7-11H2,1H3,(H,19,20,21)/t14-,16+/m0/s1. The molecule has 1 fully saturated rings. The first-order chi connectivity index (χ1) is 11.7. The molecular formula is C18H24N4O2. The topological polar surface area (TPSA) is 70.5 Å². The molecule has 0 bridgehead atoms. The van der Waals surface area contributed by atoms with Gasteiger partial charge in [-0.2, -0.15) is 0 Å². The minimum Gasteiger partial charge on any atom is -0.391 e. The van der Waals surface area contributed by atoms with Gasteiger partial charge in [0.2, 0.25) is 0 Å². The largest absolute Gasteiger partial charge is 0.391 e. The molecule has 6 nitrogen and oxygen atoms in total. The van der Waals surface area contributed by atoms with Crippen LogP contribution in [0.4, 0.5) is 11.6 Å². The van der Waals surface area contributed by atoms with Crippen molar-refractivity contribution in [2.75, 3.05) is 36.5 Å². The zero-order valence-corrected chi connectivity index (χ0v) is 13.9. The van der Waals surface area contributed by atoms with Crippen molar-refractivity contribution >= 4 is 11.6 Å². The zero-order chi connectivity index (χ0) is 16.8. The summed E-state index contributed by atoms with van der Waals surface area (Å²) in [5.41, 5.74) is 1.12. The van der Waals surface area contributed by atoms with Crippen LogP contribution in [0.25, 0.3) is 0 Å². The molecule has 2 heterocycles. The van der Waals surface area contributed by atoms with Crippen LogP contribution in [0, 0.1) is 0 Å². The highest BCUT2D eigenvalue weighted by Crippen LogP contribution is 2.17. The Morgan fingerprint density at radius 3 is 2.71 bits per heavy atom. The van der Waals surface area contributed by atoms with Gasteiger partial charge in [0.1, 0.15) is 18.0 Å². The number of aromatic nitrogens is 2. The van der Waals surface area contributed by atoms with E-state index in [9.17, 15) is 5.11 Å². The normalized spacial score (nSPS) is 17.3. The first-order valence-electron chi connectivity index (χ1n) is 8.35. The van der Waals surface area contributed by atoms with Gasteiger partial charge in [0, 0.05) is 25.6 Å². The van der Waals surface area contributed by atoms with Crippen molar-refractivity contribution < 1.29 is 9.84 Å². The van der Waals surface area contributed by atoms with E-state index in [0.29, 0.717) is 6.42 Å². The van der Waals surface area contributed by atoms with Gasteiger partial charge < -0.3 is 20.1 Å². The van der Waals surface area contributed by atoms with E-state index in [4.69, 9.17) is 4.74 Å². The van der Waals surface area contributed by atoms with Gasteiger partial charge in [0.15, 0.2) is 0 Å².